The number of carboxylic acids is 1. The van der Waals surface area contributed by atoms with Crippen molar-refractivity contribution < 1.29 is 23.1 Å². The number of rotatable bonds is 2. The molecule has 1 N–H and O–H groups in total. The van der Waals surface area contributed by atoms with Crippen LogP contribution in [0.3, 0.4) is 0 Å². The van der Waals surface area contributed by atoms with Crippen molar-refractivity contribution in [1.29, 1.82) is 0 Å². The maximum absolute atomic E-state index is 12.9. The largest absolute Gasteiger partial charge is 0.476 e. The molecule has 0 aliphatic rings. The van der Waals surface area contributed by atoms with Gasteiger partial charge in [0.25, 0.3) is 0 Å². The van der Waals surface area contributed by atoms with Gasteiger partial charge in [-0.1, -0.05) is 15.9 Å². The van der Waals surface area contributed by atoms with E-state index in [1.165, 1.54) is 12.1 Å². The van der Waals surface area contributed by atoms with Crippen LogP contribution >= 0.6 is 15.9 Å². The SMILES string of the molecule is O=C(O)c1cn(-c2cc(Br)ccc2C(F)(F)F)cn1. The number of nitrogens with zero attached hydrogens (tertiary/aromatic N) is 2. The van der Waals surface area contributed by atoms with Gasteiger partial charge in [-0.15, -0.1) is 0 Å². The zero-order chi connectivity index (χ0) is 14.2. The van der Waals surface area contributed by atoms with Crippen LogP contribution in [0.4, 0.5) is 13.2 Å². The molecule has 0 saturated carbocycles. The second kappa shape index (κ2) is 4.69. The first kappa shape index (κ1) is 13.6. The van der Waals surface area contributed by atoms with E-state index in [1.54, 1.807) is 0 Å². The van der Waals surface area contributed by atoms with Crippen molar-refractivity contribution in [3.8, 4) is 5.69 Å². The van der Waals surface area contributed by atoms with Crippen molar-refractivity contribution in [3.05, 3.63) is 46.5 Å². The lowest BCUT2D eigenvalue weighted by Crippen LogP contribution is -2.10. The van der Waals surface area contributed by atoms with Gasteiger partial charge in [-0.2, -0.15) is 13.2 Å². The molecular weight excluding hydrogens is 329 g/mol. The third kappa shape index (κ3) is 2.78. The molecule has 19 heavy (non-hydrogen) atoms. The number of alkyl halides is 3. The number of hydrogen-bond acceptors (Lipinski definition) is 2. The van der Waals surface area contributed by atoms with Crippen LogP contribution in [-0.2, 0) is 6.18 Å². The highest BCUT2D eigenvalue weighted by Gasteiger charge is 2.34. The van der Waals surface area contributed by atoms with E-state index in [2.05, 4.69) is 20.9 Å². The summed E-state index contributed by atoms with van der Waals surface area (Å²) in [4.78, 5) is 14.2. The van der Waals surface area contributed by atoms with Crippen LogP contribution in [0.15, 0.2) is 35.2 Å². The van der Waals surface area contributed by atoms with Crippen LogP contribution in [0.5, 0.6) is 0 Å². The molecule has 0 aliphatic heterocycles. The lowest BCUT2D eigenvalue weighted by Gasteiger charge is -2.13. The maximum atomic E-state index is 12.9. The zero-order valence-electron chi connectivity index (χ0n) is 9.15. The molecule has 0 fully saturated rings. The predicted molar refractivity (Wildman–Crippen MR) is 63.2 cm³/mol. The lowest BCUT2D eigenvalue weighted by atomic mass is 10.1. The zero-order valence-corrected chi connectivity index (χ0v) is 10.7. The number of halogens is 4. The van der Waals surface area contributed by atoms with Gasteiger partial charge >= 0.3 is 12.1 Å². The highest BCUT2D eigenvalue weighted by Crippen LogP contribution is 2.35. The summed E-state index contributed by atoms with van der Waals surface area (Å²) < 4.78 is 40.1. The fourth-order valence-corrected chi connectivity index (χ4v) is 1.87. The van der Waals surface area contributed by atoms with Crippen LogP contribution in [0.2, 0.25) is 0 Å². The summed E-state index contributed by atoms with van der Waals surface area (Å²) in [6.45, 7) is 0. The number of aromatic nitrogens is 2. The monoisotopic (exact) mass is 334 g/mol. The van der Waals surface area contributed by atoms with Crippen molar-refractivity contribution in [2.24, 2.45) is 0 Å². The summed E-state index contributed by atoms with van der Waals surface area (Å²) in [5.41, 5.74) is -1.39. The number of aromatic carboxylic acids is 1. The van der Waals surface area contributed by atoms with Gasteiger partial charge in [-0.25, -0.2) is 9.78 Å². The van der Waals surface area contributed by atoms with Crippen LogP contribution in [-0.4, -0.2) is 20.6 Å². The Labute approximate surface area is 113 Å². The van der Waals surface area contributed by atoms with E-state index in [4.69, 9.17) is 5.11 Å². The van der Waals surface area contributed by atoms with Gasteiger partial charge < -0.3 is 9.67 Å². The highest BCUT2D eigenvalue weighted by atomic mass is 79.9. The summed E-state index contributed by atoms with van der Waals surface area (Å²) in [5, 5.41) is 8.72. The van der Waals surface area contributed by atoms with Crippen molar-refractivity contribution in [2.75, 3.05) is 0 Å². The normalized spacial score (nSPS) is 11.6. The third-order valence-electron chi connectivity index (χ3n) is 2.35. The van der Waals surface area contributed by atoms with Gasteiger partial charge in [0.2, 0.25) is 0 Å². The molecule has 0 aliphatic carbocycles. The first-order chi connectivity index (χ1) is 8.79. The van der Waals surface area contributed by atoms with Gasteiger partial charge in [0, 0.05) is 10.7 Å². The van der Waals surface area contributed by atoms with Gasteiger partial charge in [0.1, 0.15) is 6.33 Å². The van der Waals surface area contributed by atoms with Gasteiger partial charge in [0.05, 0.1) is 11.3 Å². The van der Waals surface area contributed by atoms with E-state index in [0.717, 1.165) is 23.2 Å². The quantitative estimate of drug-likeness (QED) is 0.916. The van der Waals surface area contributed by atoms with Crippen molar-refractivity contribution in [3.63, 3.8) is 0 Å². The molecule has 0 atom stereocenters. The van der Waals surface area contributed by atoms with Gasteiger partial charge in [-0.05, 0) is 18.2 Å². The van der Waals surface area contributed by atoms with Crippen molar-refractivity contribution in [2.45, 2.75) is 6.18 Å². The van der Waals surface area contributed by atoms with E-state index >= 15 is 0 Å². The third-order valence-corrected chi connectivity index (χ3v) is 2.84. The summed E-state index contributed by atoms with van der Waals surface area (Å²) in [7, 11) is 0. The van der Waals surface area contributed by atoms with E-state index in [9.17, 15) is 18.0 Å². The minimum atomic E-state index is -4.54. The molecule has 1 heterocycles. The number of carbonyl (C=O) groups is 1. The molecule has 0 amide bonds. The maximum Gasteiger partial charge on any atom is 0.418 e. The Morgan fingerprint density at radius 1 is 1.37 bits per heavy atom. The molecule has 4 nitrogen and oxygen atoms in total. The van der Waals surface area contributed by atoms with E-state index in [0.29, 0.717) is 4.47 Å². The van der Waals surface area contributed by atoms with Crippen molar-refractivity contribution >= 4 is 21.9 Å². The molecule has 0 unspecified atom stereocenters. The Balaban J connectivity index is 2.59. The van der Waals surface area contributed by atoms with Crippen LogP contribution in [0.25, 0.3) is 5.69 Å². The fourth-order valence-electron chi connectivity index (χ4n) is 1.52. The second-order valence-electron chi connectivity index (χ2n) is 3.63. The molecule has 0 saturated heterocycles. The molecule has 8 heteroatoms. The Kier molecular flexibility index (Phi) is 3.36. The first-order valence-electron chi connectivity index (χ1n) is 4.93. The molecular formula is C11H6BrF3N2O2. The molecule has 0 spiro atoms. The average Bonchev–Trinajstić information content (AvgIpc) is 2.76. The van der Waals surface area contributed by atoms with E-state index < -0.39 is 17.7 Å². The van der Waals surface area contributed by atoms with Crippen LogP contribution < -0.4 is 0 Å². The van der Waals surface area contributed by atoms with E-state index in [-0.39, 0.29) is 11.4 Å². The standard InChI is InChI=1S/C11H6BrF3N2O2/c12-6-1-2-7(11(13,14)15)9(3-6)17-4-8(10(18)19)16-5-17/h1-5H,(H,18,19). The van der Waals surface area contributed by atoms with E-state index in [1.807, 2.05) is 0 Å². The molecule has 100 valence electrons. The Morgan fingerprint density at radius 2 is 2.05 bits per heavy atom. The molecule has 0 bridgehead atoms. The topological polar surface area (TPSA) is 55.1 Å². The highest BCUT2D eigenvalue weighted by molar-refractivity contribution is 9.10. The van der Waals surface area contributed by atoms with Crippen molar-refractivity contribution in [1.82, 2.24) is 9.55 Å². The second-order valence-corrected chi connectivity index (χ2v) is 4.55. The molecule has 1 aromatic heterocycles. The Hall–Kier alpha value is -1.83. The van der Waals surface area contributed by atoms with Gasteiger partial charge in [0.15, 0.2) is 5.69 Å². The van der Waals surface area contributed by atoms with Crippen LogP contribution in [0, 0.1) is 0 Å². The minimum Gasteiger partial charge on any atom is -0.476 e. The smallest absolute Gasteiger partial charge is 0.418 e. The predicted octanol–water partition coefficient (Wildman–Crippen LogP) is 3.35. The number of carboxylic acid groups (broad SMARTS) is 1. The number of imidazole rings is 1. The van der Waals surface area contributed by atoms with Gasteiger partial charge in [-0.3, -0.25) is 0 Å². The summed E-state index contributed by atoms with van der Waals surface area (Å²) in [6, 6.07) is 3.43. The Bertz CT molecular complexity index is 637. The molecule has 1 aromatic carbocycles. The first-order valence-corrected chi connectivity index (χ1v) is 5.73. The number of benzene rings is 1. The number of hydrogen-bond donors (Lipinski definition) is 1. The summed E-state index contributed by atoms with van der Waals surface area (Å²) in [6.07, 6.45) is -2.48. The fraction of sp³-hybridized carbons (Fsp3) is 0.0909. The molecule has 2 aromatic rings. The minimum absolute atomic E-state index is 0.193. The summed E-state index contributed by atoms with van der Waals surface area (Å²) in [5.74, 6) is -1.30. The molecule has 2 rings (SSSR count). The van der Waals surface area contributed by atoms with Crippen LogP contribution in [0.1, 0.15) is 16.1 Å². The molecule has 0 radical (unpaired) electrons. The average molecular weight is 335 g/mol. The lowest BCUT2D eigenvalue weighted by molar-refractivity contribution is -0.137. The summed E-state index contributed by atoms with van der Waals surface area (Å²) >= 11 is 3.08. The Morgan fingerprint density at radius 3 is 2.58 bits per heavy atom.